The van der Waals surface area contributed by atoms with Crippen LogP contribution >= 0.6 is 0 Å². The molecule has 0 spiro atoms. The van der Waals surface area contributed by atoms with Crippen LogP contribution in [0.5, 0.6) is 0 Å². The molecule has 6 nitrogen and oxygen atoms in total. The van der Waals surface area contributed by atoms with E-state index in [0.29, 0.717) is 19.8 Å². The molecule has 0 amide bonds. The second-order valence-electron chi connectivity index (χ2n) is 4.84. The molecule has 110 valence electrons. The number of carbonyl (C=O) groups is 1. The van der Waals surface area contributed by atoms with Crippen LogP contribution in [-0.2, 0) is 14.3 Å². The zero-order valence-corrected chi connectivity index (χ0v) is 11.7. The second-order valence-corrected chi connectivity index (χ2v) is 4.84. The van der Waals surface area contributed by atoms with Crippen molar-refractivity contribution in [2.75, 3.05) is 19.8 Å². The van der Waals surface area contributed by atoms with Gasteiger partial charge in [-0.3, -0.25) is 0 Å². The fourth-order valence-corrected chi connectivity index (χ4v) is 2.54. The number of aryl methyl sites for hydroxylation is 1. The first-order chi connectivity index (χ1) is 10.2. The first kappa shape index (κ1) is 13.8. The summed E-state index contributed by atoms with van der Waals surface area (Å²) in [4.78, 5) is 10.7. The van der Waals surface area contributed by atoms with E-state index in [0.717, 1.165) is 28.2 Å². The van der Waals surface area contributed by atoms with E-state index < -0.39 is 5.97 Å². The minimum absolute atomic E-state index is 0.242. The van der Waals surface area contributed by atoms with Crippen LogP contribution in [0.3, 0.4) is 0 Å². The molecule has 1 aromatic carbocycles. The highest BCUT2D eigenvalue weighted by Gasteiger charge is 2.21. The first-order valence-electron chi connectivity index (χ1n) is 6.75. The maximum absolute atomic E-state index is 10.7. The van der Waals surface area contributed by atoms with Gasteiger partial charge in [0.05, 0.1) is 31.0 Å². The standard InChI is InChI=1S/C15H16N2O4/c1-10-15-11(5-6-14(18)19)3-2-4-12(15)17(16-10)13-9-20-7-8-21-13/h2-6,13H,7-9H2,1H3,(H,18,19)/b6-5+. The molecule has 1 aliphatic heterocycles. The number of carboxylic acids is 1. The number of rotatable bonds is 3. The number of benzene rings is 1. The molecule has 1 aromatic heterocycles. The van der Waals surface area contributed by atoms with Crippen molar-refractivity contribution in [1.29, 1.82) is 0 Å². The van der Waals surface area contributed by atoms with Crippen LogP contribution < -0.4 is 0 Å². The van der Waals surface area contributed by atoms with Gasteiger partial charge >= 0.3 is 5.97 Å². The molecule has 0 saturated carbocycles. The summed E-state index contributed by atoms with van der Waals surface area (Å²) in [5.74, 6) is -0.971. The number of ether oxygens (including phenoxy) is 2. The van der Waals surface area contributed by atoms with E-state index in [1.807, 2.05) is 29.8 Å². The highest BCUT2D eigenvalue weighted by atomic mass is 16.6. The first-order valence-corrected chi connectivity index (χ1v) is 6.75. The van der Waals surface area contributed by atoms with Gasteiger partial charge in [0.2, 0.25) is 0 Å². The van der Waals surface area contributed by atoms with E-state index in [4.69, 9.17) is 14.6 Å². The maximum Gasteiger partial charge on any atom is 0.328 e. The van der Waals surface area contributed by atoms with Gasteiger partial charge in [-0.05, 0) is 24.6 Å². The average Bonchev–Trinajstić information content (AvgIpc) is 2.84. The number of hydrogen-bond acceptors (Lipinski definition) is 4. The fourth-order valence-electron chi connectivity index (χ4n) is 2.54. The van der Waals surface area contributed by atoms with E-state index in [2.05, 4.69) is 5.10 Å². The van der Waals surface area contributed by atoms with E-state index in [9.17, 15) is 4.79 Å². The summed E-state index contributed by atoms with van der Waals surface area (Å²) in [5, 5.41) is 14.2. The smallest absolute Gasteiger partial charge is 0.328 e. The van der Waals surface area contributed by atoms with Gasteiger partial charge < -0.3 is 14.6 Å². The zero-order chi connectivity index (χ0) is 14.8. The van der Waals surface area contributed by atoms with Gasteiger partial charge in [0, 0.05) is 11.5 Å². The lowest BCUT2D eigenvalue weighted by Gasteiger charge is -2.23. The molecule has 1 saturated heterocycles. The number of carboxylic acid groups (broad SMARTS) is 1. The summed E-state index contributed by atoms with van der Waals surface area (Å²) >= 11 is 0. The molecule has 21 heavy (non-hydrogen) atoms. The summed E-state index contributed by atoms with van der Waals surface area (Å²) in [5.41, 5.74) is 2.58. The van der Waals surface area contributed by atoms with Gasteiger partial charge in [0.15, 0.2) is 6.23 Å². The van der Waals surface area contributed by atoms with Crippen LogP contribution in [0.25, 0.3) is 17.0 Å². The lowest BCUT2D eigenvalue weighted by Crippen LogP contribution is -2.27. The average molecular weight is 288 g/mol. The molecule has 1 N–H and O–H groups in total. The van der Waals surface area contributed by atoms with Crippen LogP contribution in [0.2, 0.25) is 0 Å². The summed E-state index contributed by atoms with van der Waals surface area (Å²) in [6.45, 7) is 3.51. The Kier molecular flexibility index (Phi) is 3.72. The minimum Gasteiger partial charge on any atom is -0.478 e. The third kappa shape index (κ3) is 2.68. The summed E-state index contributed by atoms with van der Waals surface area (Å²) < 4.78 is 12.9. The van der Waals surface area contributed by atoms with Crippen LogP contribution in [0.1, 0.15) is 17.5 Å². The van der Waals surface area contributed by atoms with E-state index in [-0.39, 0.29) is 6.23 Å². The Morgan fingerprint density at radius 1 is 1.48 bits per heavy atom. The van der Waals surface area contributed by atoms with Crippen LogP contribution in [0.4, 0.5) is 0 Å². The van der Waals surface area contributed by atoms with Gasteiger partial charge in [-0.1, -0.05) is 12.1 Å². The topological polar surface area (TPSA) is 73.6 Å². The largest absolute Gasteiger partial charge is 0.478 e. The Bertz CT molecular complexity index is 699. The van der Waals surface area contributed by atoms with Crippen molar-refractivity contribution < 1.29 is 19.4 Å². The van der Waals surface area contributed by atoms with Crippen molar-refractivity contribution in [2.45, 2.75) is 13.2 Å². The molecule has 6 heteroatoms. The van der Waals surface area contributed by atoms with Gasteiger partial charge in [0.25, 0.3) is 0 Å². The SMILES string of the molecule is Cc1nn(C2COCCO2)c2cccc(/C=C/C(=O)O)c12. The molecular formula is C15H16N2O4. The number of hydrogen-bond donors (Lipinski definition) is 1. The second kappa shape index (κ2) is 5.67. The van der Waals surface area contributed by atoms with Crippen molar-refractivity contribution in [3.05, 3.63) is 35.5 Å². The quantitative estimate of drug-likeness (QED) is 0.874. The molecule has 2 aromatic rings. The minimum atomic E-state index is -0.971. The normalized spacial score (nSPS) is 19.4. The van der Waals surface area contributed by atoms with Crippen molar-refractivity contribution in [3.8, 4) is 0 Å². The van der Waals surface area contributed by atoms with Crippen LogP contribution in [-0.4, -0.2) is 40.7 Å². The molecule has 1 fully saturated rings. The predicted molar refractivity (Wildman–Crippen MR) is 76.9 cm³/mol. The fraction of sp³-hybridized carbons (Fsp3) is 0.333. The molecule has 1 atom stereocenters. The Balaban J connectivity index is 2.08. The number of aromatic nitrogens is 2. The zero-order valence-electron chi connectivity index (χ0n) is 11.7. The van der Waals surface area contributed by atoms with Crippen LogP contribution in [0, 0.1) is 6.92 Å². The highest BCUT2D eigenvalue weighted by Crippen LogP contribution is 2.27. The summed E-state index contributed by atoms with van der Waals surface area (Å²) in [7, 11) is 0. The lowest BCUT2D eigenvalue weighted by atomic mass is 10.1. The molecule has 1 unspecified atom stereocenters. The maximum atomic E-state index is 10.7. The monoisotopic (exact) mass is 288 g/mol. The molecule has 1 aliphatic rings. The van der Waals surface area contributed by atoms with Crippen LogP contribution in [0.15, 0.2) is 24.3 Å². The van der Waals surface area contributed by atoms with E-state index in [1.165, 1.54) is 0 Å². The van der Waals surface area contributed by atoms with E-state index in [1.54, 1.807) is 6.08 Å². The Morgan fingerprint density at radius 3 is 3.05 bits per heavy atom. The van der Waals surface area contributed by atoms with Gasteiger partial charge in [-0.15, -0.1) is 0 Å². The number of nitrogens with zero attached hydrogens (tertiary/aromatic N) is 2. The summed E-state index contributed by atoms with van der Waals surface area (Å²) in [6.07, 6.45) is 2.47. The molecule has 0 radical (unpaired) electrons. The van der Waals surface area contributed by atoms with Gasteiger partial charge in [-0.25, -0.2) is 9.48 Å². The van der Waals surface area contributed by atoms with Crippen molar-refractivity contribution >= 4 is 22.9 Å². The number of fused-ring (bicyclic) bond motifs is 1. The third-order valence-electron chi connectivity index (χ3n) is 3.42. The molecule has 0 aliphatic carbocycles. The summed E-state index contributed by atoms with van der Waals surface area (Å²) in [6, 6.07) is 5.70. The third-order valence-corrected chi connectivity index (χ3v) is 3.42. The Labute approximate surface area is 121 Å². The number of aliphatic carboxylic acids is 1. The van der Waals surface area contributed by atoms with Gasteiger partial charge in [0.1, 0.15) is 0 Å². The molecular weight excluding hydrogens is 272 g/mol. The Morgan fingerprint density at radius 2 is 2.33 bits per heavy atom. The van der Waals surface area contributed by atoms with Gasteiger partial charge in [-0.2, -0.15) is 5.10 Å². The lowest BCUT2D eigenvalue weighted by molar-refractivity contribution is -0.131. The van der Waals surface area contributed by atoms with E-state index >= 15 is 0 Å². The van der Waals surface area contributed by atoms with Crippen molar-refractivity contribution in [2.24, 2.45) is 0 Å². The van der Waals surface area contributed by atoms with Crippen molar-refractivity contribution in [3.63, 3.8) is 0 Å². The molecule has 0 bridgehead atoms. The Hall–Kier alpha value is -2.18. The predicted octanol–water partition coefficient (Wildman–Crippen LogP) is 1.99. The van der Waals surface area contributed by atoms with Crippen molar-refractivity contribution in [1.82, 2.24) is 9.78 Å². The molecule has 2 heterocycles. The highest BCUT2D eigenvalue weighted by molar-refractivity contribution is 5.94. The molecule has 3 rings (SSSR count).